The minimum Gasteiger partial charge on any atom is -0.493 e. The molecule has 0 saturated carbocycles. The molecule has 218 valence electrons. The van der Waals surface area contributed by atoms with Crippen LogP contribution in [0.5, 0.6) is 11.5 Å². The van der Waals surface area contributed by atoms with Gasteiger partial charge in [0.2, 0.25) is 0 Å². The molecule has 4 aromatic carbocycles. The molecular weight excluding hydrogens is 651 g/mol. The van der Waals surface area contributed by atoms with Crippen molar-refractivity contribution in [2.45, 2.75) is 32.6 Å². The highest BCUT2D eigenvalue weighted by Crippen LogP contribution is 2.31. The van der Waals surface area contributed by atoms with Crippen molar-refractivity contribution in [3.63, 3.8) is 0 Å². The van der Waals surface area contributed by atoms with Crippen LogP contribution >= 0.6 is 22.6 Å². The molecular formula is C37H33IO5. The predicted molar refractivity (Wildman–Crippen MR) is 179 cm³/mol. The summed E-state index contributed by atoms with van der Waals surface area (Å²) in [7, 11) is 0. The molecule has 4 rings (SSSR count). The van der Waals surface area contributed by atoms with Crippen molar-refractivity contribution >= 4 is 34.5 Å². The smallest absolute Gasteiger partial charge is 0.330 e. The van der Waals surface area contributed by atoms with Crippen molar-refractivity contribution in [3.05, 3.63) is 118 Å². The molecule has 0 saturated heterocycles. The van der Waals surface area contributed by atoms with Crippen molar-refractivity contribution in [1.82, 2.24) is 0 Å². The van der Waals surface area contributed by atoms with E-state index in [1.807, 2.05) is 60.7 Å². The van der Waals surface area contributed by atoms with Gasteiger partial charge in [-0.2, -0.15) is 0 Å². The van der Waals surface area contributed by atoms with Gasteiger partial charge in [-0.1, -0.05) is 68.2 Å². The highest BCUT2D eigenvalue weighted by atomic mass is 127. The number of esters is 2. The highest BCUT2D eigenvalue weighted by Gasteiger charge is 2.08. The number of carbonyl (C=O) groups is 2. The average Bonchev–Trinajstić information content (AvgIpc) is 3.03. The quantitative estimate of drug-likeness (QED) is 0.0374. The Labute approximate surface area is 267 Å². The molecule has 0 aliphatic rings. The lowest BCUT2D eigenvalue weighted by molar-refractivity contribution is -0.138. The van der Waals surface area contributed by atoms with E-state index < -0.39 is 5.97 Å². The molecule has 0 amide bonds. The van der Waals surface area contributed by atoms with Gasteiger partial charge in [0.1, 0.15) is 11.5 Å². The lowest BCUT2D eigenvalue weighted by atomic mass is 9.99. The zero-order valence-corrected chi connectivity index (χ0v) is 26.3. The molecule has 0 heterocycles. The fourth-order valence-electron chi connectivity index (χ4n) is 4.14. The van der Waals surface area contributed by atoms with Crippen LogP contribution in [0.1, 0.15) is 43.7 Å². The second kappa shape index (κ2) is 16.3. The number of halogens is 1. The fourth-order valence-corrected chi connectivity index (χ4v) is 4.97. The van der Waals surface area contributed by atoms with Crippen molar-refractivity contribution in [3.8, 4) is 45.6 Å². The number of carbonyl (C=O) groups excluding carboxylic acids is 2. The minimum atomic E-state index is -0.426. The topological polar surface area (TPSA) is 61.8 Å². The molecule has 0 radical (unpaired) electrons. The van der Waals surface area contributed by atoms with Crippen molar-refractivity contribution in [2.75, 3.05) is 13.2 Å². The number of benzene rings is 4. The summed E-state index contributed by atoms with van der Waals surface area (Å²) in [6.45, 7) is 6.17. The summed E-state index contributed by atoms with van der Waals surface area (Å²) in [4.78, 5) is 22.9. The summed E-state index contributed by atoms with van der Waals surface area (Å²) in [5, 5.41) is 0. The van der Waals surface area contributed by atoms with Crippen LogP contribution in [-0.2, 0) is 14.3 Å². The Bertz CT molecular complexity index is 1590. The molecule has 0 unspecified atom stereocenters. The summed E-state index contributed by atoms with van der Waals surface area (Å²) in [5.41, 5.74) is 6.26. The maximum Gasteiger partial charge on any atom is 0.330 e. The second-order valence-electron chi connectivity index (χ2n) is 9.72. The molecule has 0 spiro atoms. The van der Waals surface area contributed by atoms with Gasteiger partial charge >= 0.3 is 11.9 Å². The molecule has 0 bridgehead atoms. The van der Waals surface area contributed by atoms with Gasteiger partial charge in [-0.3, -0.25) is 4.79 Å². The van der Waals surface area contributed by atoms with E-state index in [2.05, 4.69) is 78.3 Å². The Hall–Kier alpha value is -4.35. The molecule has 0 N–H and O–H groups in total. The van der Waals surface area contributed by atoms with Crippen LogP contribution in [-0.4, -0.2) is 25.2 Å². The Morgan fingerprint density at radius 1 is 0.767 bits per heavy atom. The Morgan fingerprint density at radius 3 is 2.00 bits per heavy atom. The van der Waals surface area contributed by atoms with Gasteiger partial charge < -0.3 is 14.2 Å². The van der Waals surface area contributed by atoms with Crippen LogP contribution in [0.3, 0.4) is 0 Å². The van der Waals surface area contributed by atoms with Crippen molar-refractivity contribution in [1.29, 1.82) is 0 Å². The molecule has 0 atom stereocenters. The number of hydrogen-bond donors (Lipinski definition) is 0. The van der Waals surface area contributed by atoms with E-state index in [0.29, 0.717) is 31.8 Å². The van der Waals surface area contributed by atoms with Crippen LogP contribution in [0, 0.1) is 15.4 Å². The summed E-state index contributed by atoms with van der Waals surface area (Å²) in [5.74, 6) is 7.12. The molecule has 4 aromatic rings. The van der Waals surface area contributed by atoms with E-state index in [1.165, 1.54) is 0 Å². The van der Waals surface area contributed by atoms with Gasteiger partial charge in [-0.15, -0.1) is 0 Å². The molecule has 0 aromatic heterocycles. The van der Waals surface area contributed by atoms with Gasteiger partial charge in [0.05, 0.1) is 13.2 Å². The highest BCUT2D eigenvalue weighted by molar-refractivity contribution is 14.1. The van der Waals surface area contributed by atoms with Crippen LogP contribution < -0.4 is 9.47 Å². The standard InChI is InChI=1S/C37H33IO5/c1-3-5-7-37(40)43-33-21-16-29(17-22-33)31-18-23-34(35(38)26-31)30-14-10-27(11-15-30)8-9-28-12-19-32(20-13-28)41-24-6-25-42-36(39)4-2/h4,10-23,26H,2-3,5-7,24-25H2,1H3. The van der Waals surface area contributed by atoms with Crippen LogP contribution in [0.4, 0.5) is 0 Å². The Kier molecular flexibility index (Phi) is 12.0. The first-order chi connectivity index (χ1) is 20.9. The van der Waals surface area contributed by atoms with E-state index in [0.717, 1.165) is 61.6 Å². The van der Waals surface area contributed by atoms with Crippen LogP contribution in [0.2, 0.25) is 0 Å². The lowest BCUT2D eigenvalue weighted by Crippen LogP contribution is -2.07. The number of rotatable bonds is 12. The first-order valence-electron chi connectivity index (χ1n) is 14.2. The minimum absolute atomic E-state index is 0.190. The SMILES string of the molecule is C=CC(=O)OCCCOc1ccc(C#Cc2ccc(-c3ccc(-c4ccc(OC(=O)CCCC)cc4)cc3I)cc2)cc1. The number of unbranched alkanes of at least 4 members (excludes halogenated alkanes) is 1. The molecule has 0 aliphatic carbocycles. The van der Waals surface area contributed by atoms with Gasteiger partial charge in [0.25, 0.3) is 0 Å². The van der Waals surface area contributed by atoms with Gasteiger partial charge in [0.15, 0.2) is 0 Å². The third kappa shape index (κ3) is 9.86. The van der Waals surface area contributed by atoms with Crippen molar-refractivity contribution < 1.29 is 23.8 Å². The van der Waals surface area contributed by atoms with Crippen LogP contribution in [0.25, 0.3) is 22.3 Å². The average molecular weight is 685 g/mol. The maximum absolute atomic E-state index is 11.9. The van der Waals surface area contributed by atoms with E-state index in [4.69, 9.17) is 14.2 Å². The number of hydrogen-bond acceptors (Lipinski definition) is 5. The number of ether oxygens (including phenoxy) is 3. The normalized spacial score (nSPS) is 10.3. The molecule has 6 heteroatoms. The zero-order chi connectivity index (χ0) is 30.4. The van der Waals surface area contributed by atoms with E-state index in [9.17, 15) is 9.59 Å². The molecule has 5 nitrogen and oxygen atoms in total. The van der Waals surface area contributed by atoms with Gasteiger partial charge in [0, 0.05) is 33.6 Å². The molecule has 0 fully saturated rings. The van der Waals surface area contributed by atoms with E-state index in [1.54, 1.807) is 0 Å². The molecule has 0 aliphatic heterocycles. The summed E-state index contributed by atoms with van der Waals surface area (Å²) < 4.78 is 17.2. The monoisotopic (exact) mass is 684 g/mol. The predicted octanol–water partition coefficient (Wildman–Crippen LogP) is 8.62. The zero-order valence-electron chi connectivity index (χ0n) is 24.1. The van der Waals surface area contributed by atoms with E-state index in [-0.39, 0.29) is 5.97 Å². The van der Waals surface area contributed by atoms with Gasteiger partial charge in [-0.25, -0.2) is 4.79 Å². The summed E-state index contributed by atoms with van der Waals surface area (Å²) in [6.07, 6.45) is 4.00. The third-order valence-corrected chi connectivity index (χ3v) is 7.39. The lowest BCUT2D eigenvalue weighted by Gasteiger charge is -2.09. The van der Waals surface area contributed by atoms with Crippen molar-refractivity contribution in [2.24, 2.45) is 0 Å². The third-order valence-electron chi connectivity index (χ3n) is 6.49. The second-order valence-corrected chi connectivity index (χ2v) is 10.9. The van der Waals surface area contributed by atoms with Crippen LogP contribution in [0.15, 0.2) is 104 Å². The maximum atomic E-state index is 11.9. The summed E-state index contributed by atoms with van der Waals surface area (Å²) >= 11 is 2.37. The fraction of sp³-hybridized carbons (Fsp3) is 0.189. The first kappa shape index (κ1) is 31.6. The Morgan fingerprint density at radius 2 is 1.37 bits per heavy atom. The first-order valence-corrected chi connectivity index (χ1v) is 15.3. The van der Waals surface area contributed by atoms with E-state index >= 15 is 0 Å². The Balaban J connectivity index is 1.32. The van der Waals surface area contributed by atoms with Gasteiger partial charge in [-0.05, 0) is 106 Å². The summed E-state index contributed by atoms with van der Waals surface area (Å²) in [6, 6.07) is 29.9. The molecule has 43 heavy (non-hydrogen) atoms. The largest absolute Gasteiger partial charge is 0.493 e.